The van der Waals surface area contributed by atoms with Gasteiger partial charge in [-0.15, -0.1) is 0 Å². The molecule has 8 nitrogen and oxygen atoms in total. The molecule has 1 saturated heterocycles. The van der Waals surface area contributed by atoms with Gasteiger partial charge in [-0.25, -0.2) is 4.98 Å². The Labute approximate surface area is 186 Å². The van der Waals surface area contributed by atoms with Crippen LogP contribution in [0.3, 0.4) is 0 Å². The third-order valence-corrected chi connectivity index (χ3v) is 6.16. The monoisotopic (exact) mass is 430 g/mol. The quantitative estimate of drug-likeness (QED) is 0.504. The van der Waals surface area contributed by atoms with E-state index < -0.39 is 5.91 Å². The van der Waals surface area contributed by atoms with E-state index in [9.17, 15) is 4.79 Å². The smallest absolute Gasteiger partial charge is 0.248 e. The second kappa shape index (κ2) is 8.12. The summed E-state index contributed by atoms with van der Waals surface area (Å²) in [4.78, 5) is 23.3. The summed E-state index contributed by atoms with van der Waals surface area (Å²) >= 11 is 0. The minimum atomic E-state index is -0.422. The van der Waals surface area contributed by atoms with Crippen LogP contribution < -0.4 is 16.0 Å². The maximum absolute atomic E-state index is 11.8. The van der Waals surface area contributed by atoms with Gasteiger partial charge in [-0.3, -0.25) is 9.20 Å². The topological polar surface area (TPSA) is 97.8 Å². The Hall–Kier alpha value is -3.65. The summed E-state index contributed by atoms with van der Waals surface area (Å²) in [5.74, 6) is 0.966. The molecule has 2 aromatic heterocycles. The van der Waals surface area contributed by atoms with Crippen LogP contribution in [0, 0.1) is 6.92 Å². The van der Waals surface area contributed by atoms with Crippen LogP contribution >= 0.6 is 0 Å². The average Bonchev–Trinajstić information content (AvgIpc) is 3.28. The Morgan fingerprint density at radius 2 is 2.03 bits per heavy atom. The molecule has 0 radical (unpaired) electrons. The lowest BCUT2D eigenvalue weighted by atomic mass is 9.97. The largest absolute Gasteiger partial charge is 0.378 e. The third-order valence-electron chi connectivity index (χ3n) is 6.16. The fourth-order valence-electron chi connectivity index (χ4n) is 4.45. The number of carbonyl (C=O) groups is 1. The number of amides is 1. The van der Waals surface area contributed by atoms with Crippen LogP contribution in [0.4, 0.5) is 11.5 Å². The van der Waals surface area contributed by atoms with Crippen LogP contribution in [0.15, 0.2) is 48.8 Å². The van der Waals surface area contributed by atoms with Crippen molar-refractivity contribution in [1.29, 1.82) is 0 Å². The molecule has 4 aromatic rings. The number of nitrogens with zero attached hydrogens (tertiary/aromatic N) is 4. The Kier molecular flexibility index (Phi) is 5.14. The standard InChI is InChI=1S/C24H26N6O2/c1-15-18(4-3-5-19(15)22(25)31)16(2)27-23-20-14-17(29-10-12-32-13-11-29)6-7-21(20)30-9-8-26-24(30)28-23/h3-9,14,16H,10-13H2,1-2H3,(H2,25,31)(H,26,27,28). The van der Waals surface area contributed by atoms with Crippen molar-refractivity contribution in [2.75, 3.05) is 36.5 Å². The van der Waals surface area contributed by atoms with Gasteiger partial charge < -0.3 is 20.7 Å². The van der Waals surface area contributed by atoms with E-state index in [0.717, 1.165) is 59.8 Å². The average molecular weight is 431 g/mol. The number of hydrogen-bond acceptors (Lipinski definition) is 6. The van der Waals surface area contributed by atoms with Gasteiger partial charge in [0, 0.05) is 42.1 Å². The molecule has 0 aliphatic carbocycles. The number of nitrogens with two attached hydrogens (primary N) is 1. The summed E-state index contributed by atoms with van der Waals surface area (Å²) < 4.78 is 7.50. The fourth-order valence-corrected chi connectivity index (χ4v) is 4.45. The summed E-state index contributed by atoms with van der Waals surface area (Å²) in [5, 5.41) is 4.57. The molecule has 1 aliphatic heterocycles. The van der Waals surface area contributed by atoms with E-state index in [1.807, 2.05) is 29.7 Å². The van der Waals surface area contributed by atoms with Gasteiger partial charge in [0.2, 0.25) is 11.7 Å². The summed E-state index contributed by atoms with van der Waals surface area (Å²) in [6.07, 6.45) is 3.68. The van der Waals surface area contributed by atoms with Crippen molar-refractivity contribution >= 4 is 34.1 Å². The first-order chi connectivity index (χ1) is 15.5. The van der Waals surface area contributed by atoms with E-state index in [1.165, 1.54) is 0 Å². The molecule has 1 fully saturated rings. The number of ether oxygens (including phenoxy) is 1. The summed E-state index contributed by atoms with van der Waals surface area (Å²) in [6.45, 7) is 7.17. The van der Waals surface area contributed by atoms with Crippen LogP contribution in [0.2, 0.25) is 0 Å². The molecule has 0 spiro atoms. The Bertz CT molecular complexity index is 1310. The van der Waals surface area contributed by atoms with Gasteiger partial charge in [0.15, 0.2) is 0 Å². The van der Waals surface area contributed by atoms with Crippen LogP contribution in [-0.4, -0.2) is 46.6 Å². The van der Waals surface area contributed by atoms with E-state index in [0.29, 0.717) is 11.3 Å². The van der Waals surface area contributed by atoms with Crippen LogP contribution in [0.25, 0.3) is 16.7 Å². The predicted molar refractivity (Wildman–Crippen MR) is 125 cm³/mol. The highest BCUT2D eigenvalue weighted by Crippen LogP contribution is 2.31. The van der Waals surface area contributed by atoms with Crippen molar-refractivity contribution in [1.82, 2.24) is 14.4 Å². The number of aromatic nitrogens is 3. The SMILES string of the molecule is Cc1c(C(N)=O)cccc1C(C)Nc1nc2nccn2c2ccc(N3CCOCC3)cc12. The number of primary amides is 1. The lowest BCUT2D eigenvalue weighted by Crippen LogP contribution is -2.36. The number of anilines is 2. The van der Waals surface area contributed by atoms with Crippen LogP contribution in [-0.2, 0) is 4.74 Å². The first-order valence-electron chi connectivity index (χ1n) is 10.8. The van der Waals surface area contributed by atoms with Crippen molar-refractivity contribution in [3.8, 4) is 0 Å². The lowest BCUT2D eigenvalue weighted by molar-refractivity contribution is 0.0999. The van der Waals surface area contributed by atoms with Gasteiger partial charge in [-0.2, -0.15) is 4.98 Å². The van der Waals surface area contributed by atoms with Gasteiger partial charge in [-0.1, -0.05) is 12.1 Å². The third kappa shape index (κ3) is 3.52. The fraction of sp³-hybridized carbons (Fsp3) is 0.292. The lowest BCUT2D eigenvalue weighted by Gasteiger charge is -2.29. The summed E-state index contributed by atoms with van der Waals surface area (Å²) in [7, 11) is 0. The molecular formula is C24H26N6O2. The highest BCUT2D eigenvalue weighted by molar-refractivity contribution is 5.95. The molecule has 1 amide bonds. The Morgan fingerprint density at radius 1 is 1.22 bits per heavy atom. The van der Waals surface area contributed by atoms with Crippen LogP contribution in [0.5, 0.6) is 0 Å². The zero-order chi connectivity index (χ0) is 22.2. The number of hydrogen-bond donors (Lipinski definition) is 2. The van der Waals surface area contributed by atoms with Gasteiger partial charge in [0.25, 0.3) is 0 Å². The van der Waals surface area contributed by atoms with Crippen molar-refractivity contribution in [3.05, 3.63) is 65.5 Å². The normalized spacial score (nSPS) is 15.2. The number of rotatable bonds is 5. The van der Waals surface area contributed by atoms with Crippen molar-refractivity contribution in [2.24, 2.45) is 5.73 Å². The minimum absolute atomic E-state index is 0.0885. The number of morpholine rings is 1. The van der Waals surface area contributed by atoms with Crippen molar-refractivity contribution < 1.29 is 9.53 Å². The molecule has 8 heteroatoms. The number of benzene rings is 2. The molecule has 3 N–H and O–H groups in total. The second-order valence-electron chi connectivity index (χ2n) is 8.11. The molecule has 1 aliphatic rings. The summed E-state index contributed by atoms with van der Waals surface area (Å²) in [5.41, 5.74) is 10.1. The molecule has 0 bridgehead atoms. The van der Waals surface area contributed by atoms with Crippen LogP contribution in [0.1, 0.15) is 34.5 Å². The van der Waals surface area contributed by atoms with Gasteiger partial charge >= 0.3 is 0 Å². The van der Waals surface area contributed by atoms with Crippen molar-refractivity contribution in [3.63, 3.8) is 0 Å². The number of nitrogens with one attached hydrogen (secondary N) is 1. The molecule has 3 heterocycles. The minimum Gasteiger partial charge on any atom is -0.378 e. The first-order valence-corrected chi connectivity index (χ1v) is 10.8. The Balaban J connectivity index is 1.59. The highest BCUT2D eigenvalue weighted by Gasteiger charge is 2.18. The van der Waals surface area contributed by atoms with Gasteiger partial charge in [0.05, 0.1) is 24.8 Å². The molecule has 164 valence electrons. The maximum Gasteiger partial charge on any atom is 0.248 e. The van der Waals surface area contributed by atoms with Gasteiger partial charge in [0.1, 0.15) is 5.82 Å². The zero-order valence-corrected chi connectivity index (χ0v) is 18.2. The molecule has 5 rings (SSSR count). The van der Waals surface area contributed by atoms with E-state index in [-0.39, 0.29) is 6.04 Å². The second-order valence-corrected chi connectivity index (χ2v) is 8.11. The van der Waals surface area contributed by atoms with Crippen molar-refractivity contribution in [2.45, 2.75) is 19.9 Å². The molecule has 2 aromatic carbocycles. The molecule has 1 atom stereocenters. The zero-order valence-electron chi connectivity index (χ0n) is 18.2. The van der Waals surface area contributed by atoms with Gasteiger partial charge in [-0.05, 0) is 49.2 Å². The molecule has 0 saturated carbocycles. The van der Waals surface area contributed by atoms with E-state index in [1.54, 1.807) is 12.3 Å². The van der Waals surface area contributed by atoms with E-state index in [2.05, 4.69) is 40.3 Å². The molecule has 32 heavy (non-hydrogen) atoms. The number of imidazole rings is 1. The summed E-state index contributed by atoms with van der Waals surface area (Å²) in [6, 6.07) is 12.0. The van der Waals surface area contributed by atoms with E-state index >= 15 is 0 Å². The number of carbonyl (C=O) groups excluding carboxylic acids is 1. The van der Waals surface area contributed by atoms with E-state index in [4.69, 9.17) is 15.5 Å². The highest BCUT2D eigenvalue weighted by atomic mass is 16.5. The number of fused-ring (bicyclic) bond motifs is 3. The molecule has 1 unspecified atom stereocenters. The maximum atomic E-state index is 11.8. The molecular weight excluding hydrogens is 404 g/mol. The Morgan fingerprint density at radius 3 is 2.81 bits per heavy atom. The predicted octanol–water partition coefficient (Wildman–Crippen LogP) is 3.30. The first kappa shape index (κ1) is 20.3.